The van der Waals surface area contributed by atoms with E-state index in [-0.39, 0.29) is 6.61 Å². The molecule has 0 aliphatic heterocycles. The van der Waals surface area contributed by atoms with Crippen molar-refractivity contribution in [2.45, 2.75) is 19.5 Å². The first-order valence-electron chi connectivity index (χ1n) is 5.69. The highest BCUT2D eigenvalue weighted by atomic mass is 32.2. The summed E-state index contributed by atoms with van der Waals surface area (Å²) < 4.78 is 79.9. The first kappa shape index (κ1) is 17.4. The molecule has 9 heteroatoms. The molecule has 1 aromatic rings. The van der Waals surface area contributed by atoms with Gasteiger partial charge in [-0.2, -0.15) is 26.0 Å². The lowest BCUT2D eigenvalue weighted by Crippen LogP contribution is -2.33. The zero-order valence-electron chi connectivity index (χ0n) is 10.8. The van der Waals surface area contributed by atoms with Gasteiger partial charge in [0.25, 0.3) is 10.1 Å². The summed E-state index contributed by atoms with van der Waals surface area (Å²) in [6.45, 7) is 1.48. The van der Waals surface area contributed by atoms with Gasteiger partial charge in [0.15, 0.2) is 0 Å². The summed E-state index contributed by atoms with van der Waals surface area (Å²) in [6.07, 6.45) is -7.37. The highest BCUT2D eigenvalue weighted by Gasteiger charge is 2.43. The van der Waals surface area contributed by atoms with E-state index in [4.69, 9.17) is 0 Å². The first-order chi connectivity index (χ1) is 9.66. The Bertz CT molecular complexity index is 582. The SMILES string of the molecule is CCOS(=O)(=O)C=Cc1ccc(OC(F)(F)C(F)F)cc1. The Hall–Kier alpha value is -1.61. The monoisotopic (exact) mass is 328 g/mol. The number of hydrogen-bond donors (Lipinski definition) is 0. The molecule has 21 heavy (non-hydrogen) atoms. The van der Waals surface area contributed by atoms with Gasteiger partial charge in [-0.05, 0) is 30.7 Å². The quantitative estimate of drug-likeness (QED) is 0.569. The molecular formula is C12H12F4O4S. The Morgan fingerprint density at radius 1 is 1.24 bits per heavy atom. The fourth-order valence-corrected chi connectivity index (χ4v) is 1.95. The predicted molar refractivity (Wildman–Crippen MR) is 67.6 cm³/mol. The second-order valence-electron chi connectivity index (χ2n) is 3.74. The van der Waals surface area contributed by atoms with E-state index in [0.717, 1.165) is 17.5 Å². The van der Waals surface area contributed by atoms with E-state index in [1.165, 1.54) is 25.1 Å². The number of hydrogen-bond acceptors (Lipinski definition) is 4. The zero-order chi connectivity index (χ0) is 16.1. The molecule has 0 unspecified atom stereocenters. The van der Waals surface area contributed by atoms with Gasteiger partial charge in [0, 0.05) is 0 Å². The van der Waals surface area contributed by atoms with Gasteiger partial charge in [-0.3, -0.25) is 4.18 Å². The van der Waals surface area contributed by atoms with Crippen LogP contribution >= 0.6 is 0 Å². The lowest BCUT2D eigenvalue weighted by Gasteiger charge is -2.16. The van der Waals surface area contributed by atoms with E-state index in [0.29, 0.717) is 5.56 Å². The van der Waals surface area contributed by atoms with Crippen LogP contribution in [0, 0.1) is 0 Å². The van der Waals surface area contributed by atoms with E-state index in [1.807, 2.05) is 0 Å². The minimum absolute atomic E-state index is 0.0256. The Morgan fingerprint density at radius 2 is 1.81 bits per heavy atom. The highest BCUT2D eigenvalue weighted by Crippen LogP contribution is 2.27. The molecule has 4 nitrogen and oxygen atoms in total. The number of alkyl halides is 4. The molecule has 0 spiro atoms. The van der Waals surface area contributed by atoms with Crippen LogP contribution in [0.5, 0.6) is 5.75 Å². The van der Waals surface area contributed by atoms with E-state index in [9.17, 15) is 26.0 Å². The van der Waals surface area contributed by atoms with Crippen LogP contribution in [0.2, 0.25) is 0 Å². The summed E-state index contributed by atoms with van der Waals surface area (Å²) >= 11 is 0. The Morgan fingerprint density at radius 3 is 2.29 bits per heavy atom. The van der Waals surface area contributed by atoms with Crippen molar-refractivity contribution >= 4 is 16.2 Å². The molecule has 0 heterocycles. The summed E-state index contributed by atoms with van der Waals surface area (Å²) in [5, 5.41) is 0.792. The van der Waals surface area contributed by atoms with Crippen molar-refractivity contribution in [1.29, 1.82) is 0 Å². The van der Waals surface area contributed by atoms with Crippen LogP contribution in [0.4, 0.5) is 17.6 Å². The van der Waals surface area contributed by atoms with Gasteiger partial charge in [0.2, 0.25) is 0 Å². The predicted octanol–water partition coefficient (Wildman–Crippen LogP) is 3.26. The van der Waals surface area contributed by atoms with Crippen molar-refractivity contribution in [3.05, 3.63) is 35.2 Å². The third kappa shape index (κ3) is 5.72. The summed E-state index contributed by atoms with van der Waals surface area (Å²) in [5.41, 5.74) is 0.339. The van der Waals surface area contributed by atoms with Crippen molar-refractivity contribution in [3.63, 3.8) is 0 Å². The number of ether oxygens (including phenoxy) is 1. The maximum Gasteiger partial charge on any atom is 0.461 e. The molecule has 0 radical (unpaired) electrons. The molecule has 118 valence electrons. The van der Waals surface area contributed by atoms with Gasteiger partial charge < -0.3 is 4.74 Å². The topological polar surface area (TPSA) is 52.6 Å². The number of rotatable bonds is 7. The van der Waals surface area contributed by atoms with Gasteiger partial charge in [-0.1, -0.05) is 12.1 Å². The largest absolute Gasteiger partial charge is 0.461 e. The first-order valence-corrected chi connectivity index (χ1v) is 7.16. The van der Waals surface area contributed by atoms with Gasteiger partial charge >= 0.3 is 12.5 Å². The summed E-state index contributed by atoms with van der Waals surface area (Å²) in [7, 11) is -3.81. The second-order valence-corrected chi connectivity index (χ2v) is 5.23. The van der Waals surface area contributed by atoms with Gasteiger partial charge in [-0.15, -0.1) is 0 Å². The van der Waals surface area contributed by atoms with Gasteiger partial charge in [0.1, 0.15) is 5.75 Å². The molecular weight excluding hydrogens is 316 g/mol. The normalized spacial score (nSPS) is 13.0. The average Bonchev–Trinajstić information content (AvgIpc) is 2.37. The smallest absolute Gasteiger partial charge is 0.428 e. The standard InChI is InChI=1S/C12H12F4O4S/c1-2-19-21(17,18)8-7-9-3-5-10(6-4-9)20-12(15,16)11(13)14/h3-8,11H,2H2,1H3. The van der Waals surface area contributed by atoms with Crippen molar-refractivity contribution in [2.24, 2.45) is 0 Å². The van der Waals surface area contributed by atoms with E-state index < -0.39 is 28.4 Å². The minimum Gasteiger partial charge on any atom is -0.428 e. The number of benzene rings is 1. The Kier molecular flexibility index (Phi) is 5.73. The molecule has 0 atom stereocenters. The van der Waals surface area contributed by atoms with Crippen LogP contribution < -0.4 is 4.74 Å². The Balaban J connectivity index is 2.78. The molecule has 1 rings (SSSR count). The van der Waals surface area contributed by atoms with Crippen LogP contribution in [0.15, 0.2) is 29.7 Å². The van der Waals surface area contributed by atoms with Crippen molar-refractivity contribution in [1.82, 2.24) is 0 Å². The molecule has 0 saturated heterocycles. The maximum atomic E-state index is 12.6. The summed E-state index contributed by atoms with van der Waals surface area (Å²) in [5.74, 6) is -0.467. The van der Waals surface area contributed by atoms with E-state index in [1.54, 1.807) is 0 Å². The highest BCUT2D eigenvalue weighted by molar-refractivity contribution is 7.89. The van der Waals surface area contributed by atoms with Crippen molar-refractivity contribution in [3.8, 4) is 5.75 Å². The Labute approximate surface area is 119 Å². The van der Waals surface area contributed by atoms with Crippen molar-refractivity contribution in [2.75, 3.05) is 6.61 Å². The third-order valence-corrected chi connectivity index (χ3v) is 3.13. The van der Waals surface area contributed by atoms with E-state index >= 15 is 0 Å². The number of halogens is 4. The lowest BCUT2D eigenvalue weighted by molar-refractivity contribution is -0.253. The van der Waals surface area contributed by atoms with Crippen LogP contribution in [0.25, 0.3) is 6.08 Å². The summed E-state index contributed by atoms with van der Waals surface area (Å²) in [6, 6.07) is 4.50. The zero-order valence-corrected chi connectivity index (χ0v) is 11.6. The minimum atomic E-state index is -4.59. The molecule has 0 amide bonds. The van der Waals surface area contributed by atoms with Crippen LogP contribution in [0.3, 0.4) is 0 Å². The van der Waals surface area contributed by atoms with E-state index in [2.05, 4.69) is 8.92 Å². The molecule has 0 fully saturated rings. The lowest BCUT2D eigenvalue weighted by atomic mass is 10.2. The molecule has 0 aromatic heterocycles. The fraction of sp³-hybridized carbons (Fsp3) is 0.333. The molecule has 0 N–H and O–H groups in total. The average molecular weight is 328 g/mol. The molecule has 0 saturated carbocycles. The molecule has 0 aliphatic carbocycles. The maximum absolute atomic E-state index is 12.6. The van der Waals surface area contributed by atoms with Gasteiger partial charge in [-0.25, -0.2) is 0 Å². The third-order valence-electron chi connectivity index (χ3n) is 2.10. The van der Waals surface area contributed by atoms with Crippen LogP contribution in [0.1, 0.15) is 12.5 Å². The molecule has 0 aliphatic rings. The molecule has 1 aromatic carbocycles. The summed E-state index contributed by atoms with van der Waals surface area (Å²) in [4.78, 5) is 0. The van der Waals surface area contributed by atoms with Gasteiger partial charge in [0.05, 0.1) is 12.0 Å². The fourth-order valence-electron chi connectivity index (χ4n) is 1.21. The van der Waals surface area contributed by atoms with Crippen LogP contribution in [-0.4, -0.2) is 27.6 Å². The van der Waals surface area contributed by atoms with Crippen LogP contribution in [-0.2, 0) is 14.3 Å². The molecule has 0 bridgehead atoms. The second kappa shape index (κ2) is 6.90. The van der Waals surface area contributed by atoms with Crippen molar-refractivity contribution < 1.29 is 34.9 Å².